The van der Waals surface area contributed by atoms with Crippen LogP contribution in [0.5, 0.6) is 0 Å². The van der Waals surface area contributed by atoms with Crippen molar-refractivity contribution in [3.8, 4) is 0 Å². The number of hydrogen-bond acceptors (Lipinski definition) is 3. The van der Waals surface area contributed by atoms with Crippen LogP contribution in [0.2, 0.25) is 0 Å². The Morgan fingerprint density at radius 2 is 1.29 bits per heavy atom. The van der Waals surface area contributed by atoms with Gasteiger partial charge in [0.2, 0.25) is 0 Å². The summed E-state index contributed by atoms with van der Waals surface area (Å²) in [6.45, 7) is 0.160. The van der Waals surface area contributed by atoms with Gasteiger partial charge in [0.1, 0.15) is 12.6 Å². The molecule has 5 heteroatoms. The Balaban J connectivity index is 1.65. The lowest BCUT2D eigenvalue weighted by atomic mass is 10.1. The number of anilines is 1. The van der Waals surface area contributed by atoms with Gasteiger partial charge in [0.05, 0.1) is 0 Å². The van der Waals surface area contributed by atoms with Gasteiger partial charge in [-0.25, -0.2) is 9.59 Å². The second-order valence-corrected chi connectivity index (χ2v) is 6.30. The van der Waals surface area contributed by atoms with Crippen LogP contribution in [-0.2, 0) is 22.6 Å². The summed E-state index contributed by atoms with van der Waals surface area (Å²) in [5.41, 5.74) is 2.48. The van der Waals surface area contributed by atoms with Crippen LogP contribution in [0.3, 0.4) is 0 Å². The highest BCUT2D eigenvalue weighted by atomic mass is 16.5. The second kappa shape index (κ2) is 9.92. The molecule has 5 nitrogen and oxygen atoms in total. The van der Waals surface area contributed by atoms with E-state index >= 15 is 0 Å². The van der Waals surface area contributed by atoms with Gasteiger partial charge in [-0.3, -0.25) is 0 Å². The van der Waals surface area contributed by atoms with Crippen molar-refractivity contribution in [2.24, 2.45) is 0 Å². The first-order valence-electron chi connectivity index (χ1n) is 9.08. The van der Waals surface area contributed by atoms with Crippen LogP contribution < -0.4 is 10.6 Å². The van der Waals surface area contributed by atoms with E-state index in [1.165, 1.54) is 0 Å². The molecule has 28 heavy (non-hydrogen) atoms. The summed E-state index contributed by atoms with van der Waals surface area (Å²) >= 11 is 0. The lowest BCUT2D eigenvalue weighted by Crippen LogP contribution is -2.45. The molecule has 3 aromatic carbocycles. The maximum absolute atomic E-state index is 12.6. The minimum atomic E-state index is -0.796. The van der Waals surface area contributed by atoms with Crippen molar-refractivity contribution in [2.75, 3.05) is 5.32 Å². The number of benzene rings is 3. The summed E-state index contributed by atoms with van der Waals surface area (Å²) in [7, 11) is 0. The van der Waals surface area contributed by atoms with Crippen LogP contribution in [0, 0.1) is 0 Å². The molecule has 2 N–H and O–H groups in total. The number of nitrogens with one attached hydrogen (secondary N) is 2. The number of rotatable bonds is 7. The third-order valence-electron chi connectivity index (χ3n) is 4.13. The van der Waals surface area contributed by atoms with Gasteiger partial charge < -0.3 is 15.4 Å². The standard InChI is InChI=1S/C23H22N2O3/c26-22(28-17-19-12-6-2-7-13-19)21(16-18-10-4-1-5-11-18)25-23(27)24-20-14-8-3-9-15-20/h1-15,21H,16-17H2,(H2,24,25,27). The summed E-state index contributed by atoms with van der Waals surface area (Å²) in [4.78, 5) is 25.0. The number of carbonyl (C=O) groups is 2. The summed E-state index contributed by atoms with van der Waals surface area (Å²) in [6, 6.07) is 26.8. The summed E-state index contributed by atoms with van der Waals surface area (Å²) in [6.07, 6.45) is 0.344. The number of carbonyl (C=O) groups excluding carboxylic acids is 2. The molecule has 0 aliphatic heterocycles. The molecule has 0 saturated heterocycles. The predicted octanol–water partition coefficient (Wildman–Crippen LogP) is 4.16. The van der Waals surface area contributed by atoms with Crippen molar-refractivity contribution in [3.05, 3.63) is 102 Å². The van der Waals surface area contributed by atoms with Crippen molar-refractivity contribution in [1.82, 2.24) is 5.32 Å². The summed E-state index contributed by atoms with van der Waals surface area (Å²) in [5.74, 6) is -0.476. The molecule has 0 radical (unpaired) electrons. The molecule has 0 aliphatic rings. The van der Waals surface area contributed by atoms with Crippen LogP contribution in [0.25, 0.3) is 0 Å². The monoisotopic (exact) mass is 374 g/mol. The normalized spacial score (nSPS) is 11.3. The number of amides is 2. The Morgan fingerprint density at radius 3 is 1.89 bits per heavy atom. The highest BCUT2D eigenvalue weighted by Crippen LogP contribution is 2.09. The number of hydrogen-bond donors (Lipinski definition) is 2. The van der Waals surface area contributed by atoms with Crippen LogP contribution >= 0.6 is 0 Å². The van der Waals surface area contributed by atoms with Crippen molar-refractivity contribution in [2.45, 2.75) is 19.1 Å². The average Bonchev–Trinajstić information content (AvgIpc) is 2.74. The van der Waals surface area contributed by atoms with E-state index in [0.29, 0.717) is 12.1 Å². The molecule has 3 rings (SSSR count). The molecule has 0 fully saturated rings. The molecule has 0 heterocycles. The van der Waals surface area contributed by atoms with Crippen molar-refractivity contribution < 1.29 is 14.3 Å². The molecular weight excluding hydrogens is 352 g/mol. The van der Waals surface area contributed by atoms with Gasteiger partial charge in [-0.05, 0) is 23.3 Å². The Bertz CT molecular complexity index is 883. The van der Waals surface area contributed by atoms with E-state index in [0.717, 1.165) is 11.1 Å². The lowest BCUT2D eigenvalue weighted by Gasteiger charge is -2.18. The predicted molar refractivity (Wildman–Crippen MR) is 109 cm³/mol. The first kappa shape index (κ1) is 19.2. The first-order chi connectivity index (χ1) is 13.7. The van der Waals surface area contributed by atoms with Crippen molar-refractivity contribution >= 4 is 17.7 Å². The second-order valence-electron chi connectivity index (χ2n) is 6.30. The first-order valence-corrected chi connectivity index (χ1v) is 9.08. The van der Waals surface area contributed by atoms with Crippen LogP contribution in [0.4, 0.5) is 10.5 Å². The highest BCUT2D eigenvalue weighted by Gasteiger charge is 2.23. The smallest absolute Gasteiger partial charge is 0.329 e. The molecule has 142 valence electrons. The Kier molecular flexibility index (Phi) is 6.79. The van der Waals surface area contributed by atoms with Crippen LogP contribution in [0.1, 0.15) is 11.1 Å². The Hall–Kier alpha value is -3.60. The van der Waals surface area contributed by atoms with E-state index in [2.05, 4.69) is 10.6 Å². The van der Waals surface area contributed by atoms with E-state index in [4.69, 9.17) is 4.74 Å². The number of urea groups is 1. The topological polar surface area (TPSA) is 67.4 Å². The zero-order valence-electron chi connectivity index (χ0n) is 15.4. The molecule has 2 amide bonds. The Morgan fingerprint density at radius 1 is 0.750 bits per heavy atom. The van der Waals surface area contributed by atoms with E-state index in [-0.39, 0.29) is 6.61 Å². The number of ether oxygens (including phenoxy) is 1. The van der Waals surface area contributed by atoms with E-state index < -0.39 is 18.0 Å². The molecular formula is C23H22N2O3. The summed E-state index contributed by atoms with van der Waals surface area (Å²) in [5, 5.41) is 5.45. The Labute approximate surface area is 164 Å². The van der Waals surface area contributed by atoms with Crippen molar-refractivity contribution in [3.63, 3.8) is 0 Å². The van der Waals surface area contributed by atoms with Gasteiger partial charge in [0.25, 0.3) is 0 Å². The van der Waals surface area contributed by atoms with E-state index in [9.17, 15) is 9.59 Å². The zero-order chi connectivity index (χ0) is 19.6. The maximum atomic E-state index is 12.6. The van der Waals surface area contributed by atoms with Gasteiger partial charge in [-0.1, -0.05) is 78.9 Å². The highest BCUT2D eigenvalue weighted by molar-refractivity contribution is 5.92. The average molecular weight is 374 g/mol. The van der Waals surface area contributed by atoms with Gasteiger partial charge in [-0.2, -0.15) is 0 Å². The quantitative estimate of drug-likeness (QED) is 0.610. The van der Waals surface area contributed by atoms with Crippen molar-refractivity contribution in [1.29, 1.82) is 0 Å². The van der Waals surface area contributed by atoms with Gasteiger partial charge in [0.15, 0.2) is 0 Å². The fourth-order valence-electron chi connectivity index (χ4n) is 2.72. The molecule has 3 aromatic rings. The fraction of sp³-hybridized carbons (Fsp3) is 0.130. The van der Waals surface area contributed by atoms with E-state index in [1.54, 1.807) is 12.1 Å². The molecule has 0 spiro atoms. The van der Waals surface area contributed by atoms with Crippen LogP contribution in [-0.4, -0.2) is 18.0 Å². The molecule has 0 aromatic heterocycles. The molecule has 1 atom stereocenters. The fourth-order valence-corrected chi connectivity index (χ4v) is 2.72. The van der Waals surface area contributed by atoms with Gasteiger partial charge >= 0.3 is 12.0 Å². The number of para-hydroxylation sites is 1. The zero-order valence-corrected chi connectivity index (χ0v) is 15.4. The van der Waals surface area contributed by atoms with Gasteiger partial charge in [0, 0.05) is 12.1 Å². The third-order valence-corrected chi connectivity index (χ3v) is 4.13. The largest absolute Gasteiger partial charge is 0.459 e. The molecule has 0 bridgehead atoms. The summed E-state index contributed by atoms with van der Waals surface area (Å²) < 4.78 is 5.43. The lowest BCUT2D eigenvalue weighted by molar-refractivity contribution is -0.147. The maximum Gasteiger partial charge on any atom is 0.329 e. The van der Waals surface area contributed by atoms with Crippen LogP contribution in [0.15, 0.2) is 91.0 Å². The third kappa shape index (κ3) is 5.99. The van der Waals surface area contributed by atoms with E-state index in [1.807, 2.05) is 78.9 Å². The minimum absolute atomic E-state index is 0.160. The SMILES string of the molecule is O=C(Nc1ccccc1)NC(Cc1ccccc1)C(=O)OCc1ccccc1. The molecule has 1 unspecified atom stereocenters. The minimum Gasteiger partial charge on any atom is -0.459 e. The number of esters is 1. The van der Waals surface area contributed by atoms with Gasteiger partial charge in [-0.15, -0.1) is 0 Å². The molecule has 0 aliphatic carbocycles. The molecule has 0 saturated carbocycles.